The first-order valence-electron chi connectivity index (χ1n) is 8.93. The molecule has 2 aromatic carbocycles. The number of H-pyrrole nitrogens is 1. The van der Waals surface area contributed by atoms with E-state index in [4.69, 9.17) is 0 Å². The van der Waals surface area contributed by atoms with Crippen LogP contribution in [0.25, 0.3) is 16.5 Å². The summed E-state index contributed by atoms with van der Waals surface area (Å²) in [5.41, 5.74) is 2.33. The van der Waals surface area contributed by atoms with Crippen molar-refractivity contribution in [2.24, 2.45) is 0 Å². The summed E-state index contributed by atoms with van der Waals surface area (Å²) in [5, 5.41) is 12.1. The Kier molecular flexibility index (Phi) is 4.52. The second kappa shape index (κ2) is 7.15. The lowest BCUT2D eigenvalue weighted by molar-refractivity contribution is -0.751. The van der Waals surface area contributed by atoms with Gasteiger partial charge in [-0.15, -0.1) is 0 Å². The number of aromatic nitrogens is 4. The predicted molar refractivity (Wildman–Crippen MR) is 102 cm³/mol. The van der Waals surface area contributed by atoms with E-state index in [1.165, 1.54) is 10.9 Å². The number of amides is 1. The normalized spacial score (nSPS) is 12.2. The lowest BCUT2D eigenvalue weighted by Gasteiger charge is -2.13. The van der Waals surface area contributed by atoms with Crippen molar-refractivity contribution in [3.05, 3.63) is 76.5 Å². The van der Waals surface area contributed by atoms with Crippen molar-refractivity contribution in [2.75, 3.05) is 0 Å². The highest BCUT2D eigenvalue weighted by molar-refractivity contribution is 5.90. The molecule has 2 N–H and O–H groups in total. The monoisotopic (exact) mass is 378 g/mol. The first kappa shape index (κ1) is 17.7. The minimum absolute atomic E-state index is 0.0351. The van der Waals surface area contributed by atoms with E-state index >= 15 is 0 Å². The molecule has 1 amide bonds. The van der Waals surface area contributed by atoms with Crippen molar-refractivity contribution < 1.29 is 14.0 Å². The summed E-state index contributed by atoms with van der Waals surface area (Å²) in [6.45, 7) is 3.85. The number of aromatic amines is 1. The molecule has 8 heteroatoms. The van der Waals surface area contributed by atoms with Crippen molar-refractivity contribution in [3.8, 4) is 5.69 Å². The van der Waals surface area contributed by atoms with Gasteiger partial charge >= 0.3 is 5.63 Å². The second-order valence-electron chi connectivity index (χ2n) is 6.65. The van der Waals surface area contributed by atoms with Gasteiger partial charge in [-0.25, -0.2) is 9.48 Å². The number of carbonyl (C=O) groups excluding carboxylic acids is 1. The van der Waals surface area contributed by atoms with Crippen LogP contribution in [0.5, 0.6) is 0 Å². The fourth-order valence-corrected chi connectivity index (χ4v) is 3.36. The Morgan fingerprint density at radius 3 is 2.86 bits per heavy atom. The molecule has 0 aliphatic carbocycles. The lowest BCUT2D eigenvalue weighted by Crippen LogP contribution is -2.44. The molecule has 28 heavy (non-hydrogen) atoms. The first-order valence-corrected chi connectivity index (χ1v) is 8.93. The van der Waals surface area contributed by atoms with E-state index in [0.717, 1.165) is 27.7 Å². The summed E-state index contributed by atoms with van der Waals surface area (Å²) in [6.07, 6.45) is 2.96. The van der Waals surface area contributed by atoms with Gasteiger partial charge in [-0.3, -0.25) is 9.32 Å². The minimum Gasteiger partial charge on any atom is -0.344 e. The highest BCUT2D eigenvalue weighted by Gasteiger charge is 2.20. The molecule has 142 valence electrons. The third kappa shape index (κ3) is 3.32. The van der Waals surface area contributed by atoms with E-state index in [-0.39, 0.29) is 18.5 Å². The van der Waals surface area contributed by atoms with Crippen LogP contribution in [0.1, 0.15) is 24.2 Å². The van der Waals surface area contributed by atoms with Gasteiger partial charge in [0.05, 0.1) is 17.9 Å². The molecule has 1 unspecified atom stereocenters. The SMILES string of the molecule is Cc1c(C(C)NC(=O)C[n+]2cc(=O)o[nH]2)cnn1-c1cccc2ccccc12. The van der Waals surface area contributed by atoms with E-state index in [0.29, 0.717) is 0 Å². The zero-order valence-electron chi connectivity index (χ0n) is 15.5. The molecule has 1 atom stereocenters. The summed E-state index contributed by atoms with van der Waals surface area (Å²) in [4.78, 5) is 23.3. The molecule has 0 spiro atoms. The van der Waals surface area contributed by atoms with Crippen LogP contribution in [0.15, 0.2) is 64.2 Å². The summed E-state index contributed by atoms with van der Waals surface area (Å²) < 4.78 is 7.73. The maximum Gasteiger partial charge on any atom is 0.426 e. The van der Waals surface area contributed by atoms with Crippen LogP contribution in [0.2, 0.25) is 0 Å². The minimum atomic E-state index is -0.534. The van der Waals surface area contributed by atoms with Crippen molar-refractivity contribution >= 4 is 16.7 Å². The third-order valence-electron chi connectivity index (χ3n) is 4.73. The van der Waals surface area contributed by atoms with Gasteiger partial charge in [0.25, 0.3) is 18.6 Å². The Hall–Kier alpha value is -3.68. The highest BCUT2D eigenvalue weighted by atomic mass is 16.5. The quantitative estimate of drug-likeness (QED) is 0.517. The number of benzene rings is 2. The Morgan fingerprint density at radius 2 is 2.07 bits per heavy atom. The van der Waals surface area contributed by atoms with Crippen molar-refractivity contribution in [1.82, 2.24) is 20.4 Å². The maximum atomic E-state index is 12.2. The number of nitrogens with zero attached hydrogens (tertiary/aromatic N) is 3. The van der Waals surface area contributed by atoms with Crippen LogP contribution in [-0.4, -0.2) is 21.0 Å². The van der Waals surface area contributed by atoms with Gasteiger partial charge in [-0.05, 0) is 30.6 Å². The third-order valence-corrected chi connectivity index (χ3v) is 4.73. The van der Waals surface area contributed by atoms with E-state index < -0.39 is 5.63 Å². The topological polar surface area (TPSA) is 96.8 Å². The zero-order chi connectivity index (χ0) is 19.7. The summed E-state index contributed by atoms with van der Waals surface area (Å²) >= 11 is 0. The number of nitrogens with one attached hydrogen (secondary N) is 2. The van der Waals surface area contributed by atoms with Crippen LogP contribution >= 0.6 is 0 Å². The summed E-state index contributed by atoms with van der Waals surface area (Å²) in [5.74, 6) is -0.244. The number of carbonyl (C=O) groups is 1. The Labute approximate surface area is 160 Å². The van der Waals surface area contributed by atoms with Crippen molar-refractivity contribution in [3.63, 3.8) is 0 Å². The van der Waals surface area contributed by atoms with Gasteiger partial charge in [0, 0.05) is 16.6 Å². The van der Waals surface area contributed by atoms with Gasteiger partial charge < -0.3 is 5.32 Å². The standard InChI is InChI=1S/C20H19N5O3/c1-13(22-19(26)11-24-12-20(27)28-23-24)17-10-21-25(14(17)2)18-9-5-7-15-6-3-4-8-16(15)18/h3-10,12-13H,11H2,1-2H3,(H-,22,23,26,27)/p+1. The van der Waals surface area contributed by atoms with Gasteiger partial charge in [0.15, 0.2) is 0 Å². The average molecular weight is 378 g/mol. The van der Waals surface area contributed by atoms with Gasteiger partial charge in [-0.1, -0.05) is 41.1 Å². The number of hydrogen-bond acceptors (Lipinski definition) is 4. The number of fused-ring (bicyclic) bond motifs is 1. The molecule has 2 heterocycles. The van der Waals surface area contributed by atoms with E-state index in [2.05, 4.69) is 38.4 Å². The Bertz CT molecular complexity index is 1200. The molecule has 2 aromatic heterocycles. The maximum absolute atomic E-state index is 12.2. The molecule has 4 aromatic rings. The average Bonchev–Trinajstić information content (AvgIpc) is 3.26. The van der Waals surface area contributed by atoms with E-state index in [1.54, 1.807) is 6.20 Å². The largest absolute Gasteiger partial charge is 0.426 e. The zero-order valence-corrected chi connectivity index (χ0v) is 15.5. The number of rotatable bonds is 5. The smallest absolute Gasteiger partial charge is 0.344 e. The predicted octanol–water partition coefficient (Wildman–Crippen LogP) is 1.78. The molecule has 0 radical (unpaired) electrons. The number of hydrogen-bond donors (Lipinski definition) is 2. The van der Waals surface area contributed by atoms with E-state index in [1.807, 2.05) is 42.8 Å². The Balaban J connectivity index is 1.57. The van der Waals surface area contributed by atoms with E-state index in [9.17, 15) is 9.59 Å². The first-order chi connectivity index (χ1) is 13.5. The Morgan fingerprint density at radius 1 is 1.29 bits per heavy atom. The van der Waals surface area contributed by atoms with Gasteiger partial charge in [0.2, 0.25) is 0 Å². The van der Waals surface area contributed by atoms with Crippen LogP contribution in [0, 0.1) is 6.92 Å². The summed E-state index contributed by atoms with van der Waals surface area (Å²) in [6, 6.07) is 14.0. The molecule has 4 rings (SSSR count). The molecule has 0 aliphatic heterocycles. The lowest BCUT2D eigenvalue weighted by atomic mass is 10.1. The highest BCUT2D eigenvalue weighted by Crippen LogP contribution is 2.25. The molecule has 0 saturated heterocycles. The molecule has 8 nitrogen and oxygen atoms in total. The molecular formula is C20H20N5O3+. The second-order valence-corrected chi connectivity index (χ2v) is 6.65. The van der Waals surface area contributed by atoms with Crippen LogP contribution < -0.4 is 15.6 Å². The molecule has 0 saturated carbocycles. The molecular weight excluding hydrogens is 358 g/mol. The van der Waals surface area contributed by atoms with Crippen LogP contribution in [0.4, 0.5) is 0 Å². The van der Waals surface area contributed by atoms with Crippen LogP contribution in [0.3, 0.4) is 0 Å². The van der Waals surface area contributed by atoms with Crippen molar-refractivity contribution in [2.45, 2.75) is 26.4 Å². The molecule has 0 aliphatic rings. The van der Waals surface area contributed by atoms with Gasteiger partial charge in [-0.2, -0.15) is 5.10 Å². The molecule has 0 fully saturated rings. The van der Waals surface area contributed by atoms with Gasteiger partial charge in [0.1, 0.15) is 0 Å². The molecule has 0 bridgehead atoms. The fraction of sp³-hybridized carbons (Fsp3) is 0.200. The summed E-state index contributed by atoms with van der Waals surface area (Å²) in [7, 11) is 0. The van der Waals surface area contributed by atoms with Crippen molar-refractivity contribution in [1.29, 1.82) is 0 Å². The van der Waals surface area contributed by atoms with Crippen LogP contribution in [-0.2, 0) is 11.3 Å². The fourth-order valence-electron chi connectivity index (χ4n) is 3.36.